The van der Waals surface area contributed by atoms with Crippen LogP contribution in [0.2, 0.25) is 0 Å². The van der Waals surface area contributed by atoms with Crippen LogP contribution in [0.15, 0.2) is 0 Å². The van der Waals surface area contributed by atoms with E-state index in [1.54, 1.807) is 0 Å². The van der Waals surface area contributed by atoms with Crippen molar-refractivity contribution in [2.45, 2.75) is 105 Å². The quantitative estimate of drug-likeness (QED) is 0.183. The molecule has 0 bridgehead atoms. The highest BCUT2D eigenvalue weighted by Crippen LogP contribution is 2.56. The molecule has 1 atom stereocenters. The summed E-state index contributed by atoms with van der Waals surface area (Å²) in [5.41, 5.74) is -2.59. The average molecular weight is 411 g/mol. The van der Waals surface area contributed by atoms with Gasteiger partial charge in [0.2, 0.25) is 5.69 Å². The molecule has 0 aliphatic carbocycles. The van der Waals surface area contributed by atoms with Gasteiger partial charge in [-0.25, -0.2) is 0 Å². The molecule has 0 aromatic rings. The summed E-state index contributed by atoms with van der Waals surface area (Å²) in [7, 11) is 0. The first-order valence-electron chi connectivity index (χ1n) is 10.5. The van der Waals surface area contributed by atoms with Crippen LogP contribution in [-0.4, -0.2) is 17.3 Å². The first-order valence-corrected chi connectivity index (χ1v) is 14.7. The molecule has 0 aromatic carbocycles. The third-order valence-electron chi connectivity index (χ3n) is 4.36. The minimum Gasteiger partial charge on any atom is -0.337 e. The molecule has 5 heteroatoms. The van der Waals surface area contributed by atoms with Gasteiger partial charge in [-0.05, 0) is 36.5 Å². The maximum atomic E-state index is 10.2. The highest BCUT2D eigenvalue weighted by atomic mass is 32.9. The van der Waals surface area contributed by atoms with E-state index < -0.39 is 5.69 Å². The van der Waals surface area contributed by atoms with E-state index in [0.717, 1.165) is 30.4 Å². The summed E-state index contributed by atoms with van der Waals surface area (Å²) in [5, 5.41) is 0. The molecule has 0 rings (SSSR count). The minimum atomic E-state index is -2.59. The lowest BCUT2D eigenvalue weighted by atomic mass is 10.0. The van der Waals surface area contributed by atoms with Crippen molar-refractivity contribution in [3.05, 3.63) is 0 Å². The van der Waals surface area contributed by atoms with Crippen LogP contribution in [0.25, 0.3) is 0 Å². The Bertz CT molecular complexity index is 308. The van der Waals surface area contributed by atoms with Gasteiger partial charge < -0.3 is 9.42 Å². The summed E-state index contributed by atoms with van der Waals surface area (Å²) >= 11 is 6.73. The second-order valence-corrected chi connectivity index (χ2v) is 14.3. The fourth-order valence-electron chi connectivity index (χ4n) is 2.77. The Hall–Kier alpha value is 0.920. The lowest BCUT2D eigenvalue weighted by Crippen LogP contribution is -1.93. The highest BCUT2D eigenvalue weighted by molar-refractivity contribution is 8.67. The molecule has 0 aliphatic rings. The van der Waals surface area contributed by atoms with Gasteiger partial charge in [0, 0.05) is 5.75 Å². The van der Waals surface area contributed by atoms with Crippen molar-refractivity contribution in [2.75, 3.05) is 12.4 Å². The standard InChI is InChI=1S/C20H43O2PS2/c1-19(2)15-11-7-5-9-13-17-22-23(21,24)25-18-14-10-6-8-12-16-20(3)4/h19-20H,5-18H2,1-4H3,(H,21,24). The fourth-order valence-corrected chi connectivity index (χ4v) is 6.19. The van der Waals surface area contributed by atoms with Crippen LogP contribution >= 0.6 is 17.1 Å². The summed E-state index contributed by atoms with van der Waals surface area (Å²) in [6.45, 7) is 9.77. The van der Waals surface area contributed by atoms with Crippen LogP contribution in [0.3, 0.4) is 0 Å². The molecule has 0 saturated heterocycles. The van der Waals surface area contributed by atoms with E-state index in [9.17, 15) is 4.89 Å². The number of hydrogen-bond acceptors (Lipinski definition) is 3. The maximum Gasteiger partial charge on any atom is 0.244 e. The smallest absolute Gasteiger partial charge is 0.244 e. The van der Waals surface area contributed by atoms with Crippen LogP contribution < -0.4 is 0 Å². The van der Waals surface area contributed by atoms with E-state index in [1.807, 2.05) is 0 Å². The van der Waals surface area contributed by atoms with E-state index in [-0.39, 0.29) is 0 Å². The van der Waals surface area contributed by atoms with Crippen molar-refractivity contribution in [1.29, 1.82) is 0 Å². The molecular formula is C20H43O2PS2. The second kappa shape index (κ2) is 17.0. The van der Waals surface area contributed by atoms with E-state index in [0.29, 0.717) is 6.61 Å². The maximum absolute atomic E-state index is 10.2. The molecule has 152 valence electrons. The van der Waals surface area contributed by atoms with Crippen molar-refractivity contribution in [3.63, 3.8) is 0 Å². The monoisotopic (exact) mass is 410 g/mol. The molecule has 0 heterocycles. The molecule has 0 amide bonds. The highest BCUT2D eigenvalue weighted by Gasteiger charge is 2.13. The van der Waals surface area contributed by atoms with E-state index in [4.69, 9.17) is 16.3 Å². The first kappa shape index (κ1) is 25.9. The average Bonchev–Trinajstić information content (AvgIpc) is 2.51. The molecule has 25 heavy (non-hydrogen) atoms. The van der Waals surface area contributed by atoms with Gasteiger partial charge in [-0.2, -0.15) is 0 Å². The summed E-state index contributed by atoms with van der Waals surface area (Å²) in [6, 6.07) is 0. The third kappa shape index (κ3) is 21.1. The molecule has 0 aromatic heterocycles. The summed E-state index contributed by atoms with van der Waals surface area (Å²) in [4.78, 5) is 10.2. The topological polar surface area (TPSA) is 29.5 Å². The zero-order valence-electron chi connectivity index (χ0n) is 17.2. The lowest BCUT2D eigenvalue weighted by molar-refractivity contribution is 0.307. The molecule has 0 saturated carbocycles. The van der Waals surface area contributed by atoms with Crippen LogP contribution in [0.5, 0.6) is 0 Å². The van der Waals surface area contributed by atoms with Gasteiger partial charge in [0.25, 0.3) is 0 Å². The van der Waals surface area contributed by atoms with Crippen molar-refractivity contribution in [1.82, 2.24) is 0 Å². The summed E-state index contributed by atoms with van der Waals surface area (Å²) < 4.78 is 5.59. The van der Waals surface area contributed by atoms with E-state index in [2.05, 4.69) is 27.7 Å². The Morgan fingerprint density at radius 2 is 1.20 bits per heavy atom. The first-order chi connectivity index (χ1) is 11.8. The Labute approximate surface area is 167 Å². The van der Waals surface area contributed by atoms with Gasteiger partial charge in [0.05, 0.1) is 6.61 Å². The van der Waals surface area contributed by atoms with Crippen LogP contribution in [0.4, 0.5) is 0 Å². The van der Waals surface area contributed by atoms with Crippen molar-refractivity contribution in [3.8, 4) is 0 Å². The van der Waals surface area contributed by atoms with Crippen molar-refractivity contribution < 1.29 is 9.42 Å². The van der Waals surface area contributed by atoms with Crippen LogP contribution in [-0.2, 0) is 16.3 Å². The van der Waals surface area contributed by atoms with Gasteiger partial charge in [-0.3, -0.25) is 0 Å². The Morgan fingerprint density at radius 3 is 1.72 bits per heavy atom. The van der Waals surface area contributed by atoms with Crippen molar-refractivity contribution in [2.24, 2.45) is 11.8 Å². The predicted octanol–water partition coefficient (Wildman–Crippen LogP) is 7.95. The number of rotatable bonds is 18. The van der Waals surface area contributed by atoms with Gasteiger partial charge in [-0.1, -0.05) is 103 Å². The SMILES string of the molecule is CC(C)CCCCCCCOP(O)(=S)SCCCCCCCC(C)C. The fraction of sp³-hybridized carbons (Fsp3) is 1.00. The largest absolute Gasteiger partial charge is 0.337 e. The zero-order valence-corrected chi connectivity index (χ0v) is 19.7. The number of unbranched alkanes of at least 4 members (excludes halogenated alkanes) is 8. The minimum absolute atomic E-state index is 0.625. The predicted molar refractivity (Wildman–Crippen MR) is 120 cm³/mol. The number of hydrogen-bond donors (Lipinski definition) is 1. The molecular weight excluding hydrogens is 367 g/mol. The molecule has 2 nitrogen and oxygen atoms in total. The Morgan fingerprint density at radius 1 is 0.760 bits per heavy atom. The van der Waals surface area contributed by atoms with Crippen molar-refractivity contribution >= 4 is 28.9 Å². The van der Waals surface area contributed by atoms with E-state index >= 15 is 0 Å². The zero-order chi connectivity index (χ0) is 19.0. The Balaban J connectivity index is 3.39. The van der Waals surface area contributed by atoms with Gasteiger partial charge in [-0.15, -0.1) is 0 Å². The third-order valence-corrected chi connectivity index (χ3v) is 8.77. The molecule has 0 spiro atoms. The van der Waals surface area contributed by atoms with E-state index in [1.165, 1.54) is 75.6 Å². The van der Waals surface area contributed by atoms with Crippen LogP contribution in [0.1, 0.15) is 105 Å². The lowest BCUT2D eigenvalue weighted by Gasteiger charge is -2.15. The van der Waals surface area contributed by atoms with Gasteiger partial charge in [0.1, 0.15) is 0 Å². The normalized spacial score (nSPS) is 14.4. The second-order valence-electron chi connectivity index (χ2n) is 8.04. The Kier molecular flexibility index (Phi) is 17.7. The summed E-state index contributed by atoms with van der Waals surface area (Å²) in [6.07, 6.45) is 15.2. The molecule has 1 unspecified atom stereocenters. The molecule has 1 N–H and O–H groups in total. The van der Waals surface area contributed by atoms with Gasteiger partial charge in [0.15, 0.2) is 0 Å². The molecule has 0 radical (unpaired) electrons. The molecule has 0 aliphatic heterocycles. The van der Waals surface area contributed by atoms with Gasteiger partial charge >= 0.3 is 0 Å². The summed E-state index contributed by atoms with van der Waals surface area (Å²) in [5.74, 6) is 2.58. The molecule has 0 fully saturated rings. The van der Waals surface area contributed by atoms with Crippen LogP contribution in [0, 0.1) is 11.8 Å².